The van der Waals surface area contributed by atoms with Crippen molar-refractivity contribution in [2.45, 2.75) is 24.6 Å². The lowest BCUT2D eigenvalue weighted by atomic mass is 10.0. The predicted octanol–water partition coefficient (Wildman–Crippen LogP) is 5.03. The lowest BCUT2D eigenvalue weighted by Crippen LogP contribution is -2.26. The van der Waals surface area contributed by atoms with Crippen LogP contribution in [0.2, 0.25) is 0 Å². The number of thiophene rings is 1. The van der Waals surface area contributed by atoms with Crippen molar-refractivity contribution in [1.82, 2.24) is 0 Å². The second-order valence-electron chi connectivity index (χ2n) is 6.26. The fourth-order valence-corrected chi connectivity index (χ4v) is 4.53. The fraction of sp³-hybridized carbons (Fsp3) is 0.333. The molecule has 1 saturated carbocycles. The summed E-state index contributed by atoms with van der Waals surface area (Å²) in [6.45, 7) is 3.61. The number of nitrogens with one attached hydrogen (secondary N) is 1. The quantitative estimate of drug-likeness (QED) is 0.580. The molecule has 0 spiro atoms. The number of benzene rings is 1. The molecule has 1 aromatic heterocycles. The molecule has 7 heteroatoms. The standard InChI is InChI=1S/C18H17Cl2NO3S/c1-10-12(11-7-5-4-6-8-11)13(15(22)24-3)14(25-10)21-16(23)17(2)9-18(17,19)20/h4-8H,9H2,1-3H3,(H,21,23). The molecule has 1 fully saturated rings. The summed E-state index contributed by atoms with van der Waals surface area (Å²) in [5, 5.41) is 3.27. The molecule has 2 aromatic rings. The zero-order valence-corrected chi connectivity index (χ0v) is 16.3. The third-order valence-electron chi connectivity index (χ3n) is 4.52. The number of esters is 1. The molecule has 0 bridgehead atoms. The van der Waals surface area contributed by atoms with Crippen LogP contribution in [0.15, 0.2) is 30.3 Å². The van der Waals surface area contributed by atoms with E-state index in [-0.39, 0.29) is 5.91 Å². The lowest BCUT2D eigenvalue weighted by Gasteiger charge is -2.13. The van der Waals surface area contributed by atoms with E-state index < -0.39 is 15.7 Å². The van der Waals surface area contributed by atoms with Crippen molar-refractivity contribution in [1.29, 1.82) is 0 Å². The van der Waals surface area contributed by atoms with Gasteiger partial charge in [0.1, 0.15) is 14.9 Å². The third-order valence-corrected chi connectivity index (χ3v) is 6.64. The fourth-order valence-electron chi connectivity index (χ4n) is 2.77. The molecule has 1 amide bonds. The van der Waals surface area contributed by atoms with E-state index in [1.807, 2.05) is 37.3 Å². The van der Waals surface area contributed by atoms with E-state index in [4.69, 9.17) is 27.9 Å². The number of halogens is 2. The number of hydrogen-bond donors (Lipinski definition) is 1. The Morgan fingerprint density at radius 1 is 1.24 bits per heavy atom. The maximum atomic E-state index is 12.6. The van der Waals surface area contributed by atoms with Gasteiger partial charge in [0.15, 0.2) is 0 Å². The molecule has 0 aliphatic heterocycles. The van der Waals surface area contributed by atoms with Crippen molar-refractivity contribution in [2.24, 2.45) is 5.41 Å². The van der Waals surface area contributed by atoms with Gasteiger partial charge in [-0.25, -0.2) is 4.79 Å². The Morgan fingerprint density at radius 2 is 1.84 bits per heavy atom. The summed E-state index contributed by atoms with van der Waals surface area (Å²) >= 11 is 13.5. The highest BCUT2D eigenvalue weighted by atomic mass is 35.5. The van der Waals surface area contributed by atoms with Gasteiger partial charge in [0.25, 0.3) is 0 Å². The molecule has 1 N–H and O–H groups in total. The second-order valence-corrected chi connectivity index (χ2v) is 8.97. The van der Waals surface area contributed by atoms with Crippen LogP contribution >= 0.6 is 34.5 Å². The zero-order valence-electron chi connectivity index (χ0n) is 14.0. The molecule has 1 aliphatic carbocycles. The van der Waals surface area contributed by atoms with Gasteiger partial charge in [-0.3, -0.25) is 4.79 Å². The van der Waals surface area contributed by atoms with E-state index in [9.17, 15) is 9.59 Å². The molecular weight excluding hydrogens is 381 g/mol. The summed E-state index contributed by atoms with van der Waals surface area (Å²) in [4.78, 5) is 25.9. The number of aryl methyl sites for hydroxylation is 1. The Hall–Kier alpha value is -1.56. The highest BCUT2D eigenvalue weighted by molar-refractivity contribution is 7.17. The van der Waals surface area contributed by atoms with Crippen molar-refractivity contribution >= 4 is 51.4 Å². The molecule has 3 rings (SSSR count). The van der Waals surface area contributed by atoms with Crippen molar-refractivity contribution < 1.29 is 14.3 Å². The third kappa shape index (κ3) is 3.05. The molecule has 0 saturated heterocycles. The van der Waals surface area contributed by atoms with E-state index in [0.29, 0.717) is 17.0 Å². The first-order chi connectivity index (χ1) is 11.7. The largest absolute Gasteiger partial charge is 0.465 e. The van der Waals surface area contributed by atoms with Gasteiger partial charge in [-0.2, -0.15) is 0 Å². The molecule has 1 aromatic carbocycles. The molecule has 1 heterocycles. The SMILES string of the molecule is COC(=O)c1c(NC(=O)C2(C)CC2(Cl)Cl)sc(C)c1-c1ccccc1. The van der Waals surface area contributed by atoms with Crippen LogP contribution in [0.5, 0.6) is 0 Å². The Bertz CT molecular complexity index is 848. The minimum atomic E-state index is -1.07. The maximum Gasteiger partial charge on any atom is 0.341 e. The summed E-state index contributed by atoms with van der Waals surface area (Å²) in [5.41, 5.74) is 1.13. The van der Waals surface area contributed by atoms with E-state index >= 15 is 0 Å². The Balaban J connectivity index is 2.03. The normalized spacial score (nSPS) is 20.8. The van der Waals surface area contributed by atoms with E-state index in [0.717, 1.165) is 16.0 Å². The van der Waals surface area contributed by atoms with Crippen molar-refractivity contribution in [3.8, 4) is 11.1 Å². The predicted molar refractivity (Wildman–Crippen MR) is 102 cm³/mol. The number of carbonyl (C=O) groups excluding carboxylic acids is 2. The van der Waals surface area contributed by atoms with Crippen LogP contribution in [-0.4, -0.2) is 23.3 Å². The molecule has 25 heavy (non-hydrogen) atoms. The molecule has 132 valence electrons. The van der Waals surface area contributed by atoms with Gasteiger partial charge in [0.05, 0.1) is 12.5 Å². The zero-order chi connectivity index (χ0) is 18.4. The first-order valence-electron chi connectivity index (χ1n) is 7.67. The van der Waals surface area contributed by atoms with E-state index in [2.05, 4.69) is 5.32 Å². The minimum Gasteiger partial charge on any atom is -0.465 e. The molecule has 1 aliphatic rings. The van der Waals surface area contributed by atoms with Gasteiger partial charge in [-0.1, -0.05) is 30.3 Å². The number of ether oxygens (including phenoxy) is 1. The Kier molecular flexibility index (Phi) is 4.60. The van der Waals surface area contributed by atoms with Crippen molar-refractivity contribution in [2.75, 3.05) is 12.4 Å². The van der Waals surface area contributed by atoms with Crippen molar-refractivity contribution in [3.05, 3.63) is 40.8 Å². The number of hydrogen-bond acceptors (Lipinski definition) is 4. The Morgan fingerprint density at radius 3 is 2.36 bits per heavy atom. The first kappa shape index (κ1) is 18.2. The summed E-state index contributed by atoms with van der Waals surface area (Å²) in [7, 11) is 1.32. The molecular formula is C18H17Cl2NO3S. The minimum absolute atomic E-state index is 0.302. The number of amides is 1. The lowest BCUT2D eigenvalue weighted by molar-refractivity contribution is -0.120. The van der Waals surface area contributed by atoms with Gasteiger partial charge >= 0.3 is 5.97 Å². The van der Waals surface area contributed by atoms with Crippen LogP contribution in [0, 0.1) is 12.3 Å². The van der Waals surface area contributed by atoms with Gasteiger partial charge < -0.3 is 10.1 Å². The van der Waals surface area contributed by atoms with Crippen LogP contribution in [0.25, 0.3) is 11.1 Å². The van der Waals surface area contributed by atoms with Crippen LogP contribution in [0.1, 0.15) is 28.6 Å². The van der Waals surface area contributed by atoms with E-state index in [1.54, 1.807) is 6.92 Å². The number of anilines is 1. The average Bonchev–Trinajstić information content (AvgIpc) is 2.94. The van der Waals surface area contributed by atoms with Gasteiger partial charge in [0, 0.05) is 10.4 Å². The Labute approximate surface area is 160 Å². The molecule has 0 radical (unpaired) electrons. The van der Waals surface area contributed by atoms with Gasteiger partial charge in [0.2, 0.25) is 5.91 Å². The number of alkyl halides is 2. The first-order valence-corrected chi connectivity index (χ1v) is 9.25. The van der Waals surface area contributed by atoms with Crippen LogP contribution < -0.4 is 5.32 Å². The van der Waals surface area contributed by atoms with Gasteiger partial charge in [-0.15, -0.1) is 34.5 Å². The number of rotatable bonds is 4. The molecule has 1 unspecified atom stereocenters. The second kappa shape index (κ2) is 6.31. The average molecular weight is 398 g/mol. The highest BCUT2D eigenvalue weighted by Gasteiger charge is 2.68. The van der Waals surface area contributed by atoms with Crippen molar-refractivity contribution in [3.63, 3.8) is 0 Å². The van der Waals surface area contributed by atoms with Gasteiger partial charge in [-0.05, 0) is 25.8 Å². The molecule has 1 atom stereocenters. The summed E-state index contributed by atoms with van der Waals surface area (Å²) in [5.74, 6) is -0.800. The highest BCUT2D eigenvalue weighted by Crippen LogP contribution is 2.64. The topological polar surface area (TPSA) is 55.4 Å². The maximum absolute atomic E-state index is 12.6. The summed E-state index contributed by atoms with van der Waals surface area (Å²) in [6.07, 6.45) is 0.373. The van der Waals surface area contributed by atoms with Crippen LogP contribution in [0.3, 0.4) is 0 Å². The smallest absolute Gasteiger partial charge is 0.341 e. The summed E-state index contributed by atoms with van der Waals surface area (Å²) < 4.78 is 3.87. The van der Waals surface area contributed by atoms with Crippen LogP contribution in [0.4, 0.5) is 5.00 Å². The molecule has 4 nitrogen and oxygen atoms in total. The summed E-state index contributed by atoms with van der Waals surface area (Å²) in [6, 6.07) is 9.52. The monoisotopic (exact) mass is 397 g/mol. The van der Waals surface area contributed by atoms with Crippen LogP contribution in [-0.2, 0) is 9.53 Å². The van der Waals surface area contributed by atoms with E-state index in [1.165, 1.54) is 18.4 Å². The number of methoxy groups -OCH3 is 1. The number of carbonyl (C=O) groups is 2.